The van der Waals surface area contributed by atoms with E-state index in [0.717, 1.165) is 12.0 Å². The highest BCUT2D eigenvalue weighted by atomic mass is 19.1. The minimum Gasteiger partial charge on any atom is -0.371 e. The van der Waals surface area contributed by atoms with Crippen LogP contribution in [0.3, 0.4) is 0 Å². The monoisotopic (exact) mass is 367 g/mol. The maximum atomic E-state index is 13.0. The lowest BCUT2D eigenvalue weighted by atomic mass is 9.97. The van der Waals surface area contributed by atoms with Gasteiger partial charge in [-0.25, -0.2) is 4.39 Å². The summed E-state index contributed by atoms with van der Waals surface area (Å²) in [5.74, 6) is -0.228. The molecule has 2 aromatic carbocycles. The van der Waals surface area contributed by atoms with Crippen molar-refractivity contribution < 1.29 is 13.9 Å². The molecule has 0 radical (unpaired) electrons. The molecule has 1 aliphatic heterocycles. The van der Waals surface area contributed by atoms with E-state index in [1.165, 1.54) is 22.5 Å². The lowest BCUT2D eigenvalue weighted by Gasteiger charge is -2.26. The van der Waals surface area contributed by atoms with Gasteiger partial charge in [0.25, 0.3) is 0 Å². The SMILES string of the molecule is O=C(Cn1nnc(-c2ccc(F)cc2)n1)NCC1OCCc2ccccc21. The number of benzene rings is 2. The molecule has 0 saturated heterocycles. The molecular formula is C19H18FN5O2. The van der Waals surface area contributed by atoms with Crippen LogP contribution >= 0.6 is 0 Å². The number of ether oxygens (including phenoxy) is 1. The van der Waals surface area contributed by atoms with Crippen LogP contribution in [0.15, 0.2) is 48.5 Å². The van der Waals surface area contributed by atoms with Gasteiger partial charge in [0, 0.05) is 12.1 Å². The van der Waals surface area contributed by atoms with Crippen LogP contribution in [-0.4, -0.2) is 39.3 Å². The minimum atomic E-state index is -0.336. The fourth-order valence-electron chi connectivity index (χ4n) is 3.06. The fourth-order valence-corrected chi connectivity index (χ4v) is 3.06. The number of nitrogens with zero attached hydrogens (tertiary/aromatic N) is 4. The van der Waals surface area contributed by atoms with Gasteiger partial charge < -0.3 is 10.1 Å². The van der Waals surface area contributed by atoms with Crippen molar-refractivity contribution in [3.05, 3.63) is 65.5 Å². The molecule has 3 aromatic rings. The molecule has 1 amide bonds. The number of fused-ring (bicyclic) bond motifs is 1. The summed E-state index contributed by atoms with van der Waals surface area (Å²) in [4.78, 5) is 13.4. The number of tetrazole rings is 1. The van der Waals surface area contributed by atoms with Crippen LogP contribution in [0.1, 0.15) is 17.2 Å². The Hall–Kier alpha value is -3.13. The highest BCUT2D eigenvalue weighted by Gasteiger charge is 2.21. The Morgan fingerprint density at radius 1 is 1.22 bits per heavy atom. The van der Waals surface area contributed by atoms with Crippen LogP contribution in [0.2, 0.25) is 0 Å². The number of hydrogen-bond donors (Lipinski definition) is 1. The summed E-state index contributed by atoms with van der Waals surface area (Å²) in [5, 5.41) is 14.8. The van der Waals surface area contributed by atoms with Gasteiger partial charge in [0.05, 0.1) is 6.61 Å². The van der Waals surface area contributed by atoms with Gasteiger partial charge in [0.2, 0.25) is 11.7 Å². The number of carbonyl (C=O) groups is 1. The van der Waals surface area contributed by atoms with Gasteiger partial charge in [-0.15, -0.1) is 10.2 Å². The second kappa shape index (κ2) is 7.63. The molecule has 27 heavy (non-hydrogen) atoms. The molecule has 138 valence electrons. The molecule has 0 spiro atoms. The van der Waals surface area contributed by atoms with E-state index >= 15 is 0 Å². The zero-order chi connectivity index (χ0) is 18.6. The molecule has 1 aromatic heterocycles. The second-order valence-corrected chi connectivity index (χ2v) is 6.26. The standard InChI is InChI=1S/C19H18FN5O2/c20-15-7-5-14(6-8-15)19-22-24-25(23-19)12-18(26)21-11-17-16-4-2-1-3-13(16)9-10-27-17/h1-8,17H,9-12H2,(H,21,26). The van der Waals surface area contributed by atoms with E-state index in [1.54, 1.807) is 12.1 Å². The third-order valence-electron chi connectivity index (χ3n) is 4.42. The Labute approximate surface area is 155 Å². The van der Waals surface area contributed by atoms with Crippen molar-refractivity contribution in [2.75, 3.05) is 13.2 Å². The summed E-state index contributed by atoms with van der Waals surface area (Å²) in [6, 6.07) is 13.9. The van der Waals surface area contributed by atoms with Crippen LogP contribution in [-0.2, 0) is 22.5 Å². The quantitative estimate of drug-likeness (QED) is 0.745. The first-order valence-electron chi connectivity index (χ1n) is 8.69. The van der Waals surface area contributed by atoms with Crippen LogP contribution < -0.4 is 5.32 Å². The van der Waals surface area contributed by atoms with Gasteiger partial charge in [-0.3, -0.25) is 4.79 Å². The highest BCUT2D eigenvalue weighted by Crippen LogP contribution is 2.26. The van der Waals surface area contributed by atoms with Crippen molar-refractivity contribution in [3.63, 3.8) is 0 Å². The fraction of sp³-hybridized carbons (Fsp3) is 0.263. The average Bonchev–Trinajstić information content (AvgIpc) is 3.15. The maximum absolute atomic E-state index is 13.0. The van der Waals surface area contributed by atoms with Crippen molar-refractivity contribution in [2.24, 2.45) is 0 Å². The first-order chi connectivity index (χ1) is 13.2. The van der Waals surface area contributed by atoms with E-state index < -0.39 is 0 Å². The van der Waals surface area contributed by atoms with Gasteiger partial charge >= 0.3 is 0 Å². The zero-order valence-electron chi connectivity index (χ0n) is 14.5. The number of carbonyl (C=O) groups excluding carboxylic acids is 1. The van der Waals surface area contributed by atoms with Crippen LogP contribution in [0.25, 0.3) is 11.4 Å². The molecule has 4 rings (SSSR count). The Bertz CT molecular complexity index is 941. The molecule has 1 atom stereocenters. The Morgan fingerprint density at radius 2 is 2.04 bits per heavy atom. The summed E-state index contributed by atoms with van der Waals surface area (Å²) in [5.41, 5.74) is 3.00. The van der Waals surface area contributed by atoms with E-state index in [0.29, 0.717) is 24.5 Å². The van der Waals surface area contributed by atoms with E-state index in [9.17, 15) is 9.18 Å². The summed E-state index contributed by atoms with van der Waals surface area (Å²) in [6.07, 6.45) is 0.729. The number of halogens is 1. The molecule has 1 N–H and O–H groups in total. The molecule has 0 saturated carbocycles. The molecule has 8 heteroatoms. The predicted octanol–water partition coefficient (Wildman–Crippen LogP) is 1.91. The van der Waals surface area contributed by atoms with Crippen molar-refractivity contribution in [3.8, 4) is 11.4 Å². The smallest absolute Gasteiger partial charge is 0.243 e. The summed E-state index contributed by atoms with van der Waals surface area (Å²) >= 11 is 0. The number of hydrogen-bond acceptors (Lipinski definition) is 5. The normalized spacial score (nSPS) is 16.0. The largest absolute Gasteiger partial charge is 0.371 e. The first-order valence-corrected chi connectivity index (χ1v) is 8.69. The van der Waals surface area contributed by atoms with E-state index in [2.05, 4.69) is 26.8 Å². The van der Waals surface area contributed by atoms with Crippen molar-refractivity contribution in [2.45, 2.75) is 19.1 Å². The molecule has 7 nitrogen and oxygen atoms in total. The third-order valence-corrected chi connectivity index (χ3v) is 4.42. The third kappa shape index (κ3) is 4.01. The van der Waals surface area contributed by atoms with Crippen LogP contribution in [0.4, 0.5) is 4.39 Å². The minimum absolute atomic E-state index is 0.0530. The number of nitrogens with one attached hydrogen (secondary N) is 1. The number of rotatable bonds is 5. The molecular weight excluding hydrogens is 349 g/mol. The number of aromatic nitrogens is 4. The van der Waals surface area contributed by atoms with Crippen molar-refractivity contribution >= 4 is 5.91 Å². The summed E-state index contributed by atoms with van der Waals surface area (Å²) < 4.78 is 18.8. The summed E-state index contributed by atoms with van der Waals surface area (Å²) in [6.45, 7) is 0.973. The average molecular weight is 367 g/mol. The zero-order valence-corrected chi connectivity index (χ0v) is 14.5. The van der Waals surface area contributed by atoms with Gasteiger partial charge in [0.15, 0.2) is 0 Å². The van der Waals surface area contributed by atoms with Crippen molar-refractivity contribution in [1.29, 1.82) is 0 Å². The Morgan fingerprint density at radius 3 is 2.89 bits per heavy atom. The van der Waals surface area contributed by atoms with Gasteiger partial charge in [-0.1, -0.05) is 24.3 Å². The highest BCUT2D eigenvalue weighted by molar-refractivity contribution is 5.75. The van der Waals surface area contributed by atoms with Gasteiger partial charge in [-0.05, 0) is 47.0 Å². The van der Waals surface area contributed by atoms with Gasteiger partial charge in [0.1, 0.15) is 18.5 Å². The van der Waals surface area contributed by atoms with Crippen molar-refractivity contribution in [1.82, 2.24) is 25.5 Å². The maximum Gasteiger partial charge on any atom is 0.243 e. The summed E-state index contributed by atoms with van der Waals surface area (Å²) in [7, 11) is 0. The molecule has 1 aliphatic rings. The van der Waals surface area contributed by atoms with Crippen LogP contribution in [0, 0.1) is 5.82 Å². The lowest BCUT2D eigenvalue weighted by molar-refractivity contribution is -0.122. The first kappa shape index (κ1) is 17.3. The van der Waals surface area contributed by atoms with E-state index in [1.807, 2.05) is 18.2 Å². The Balaban J connectivity index is 1.35. The predicted molar refractivity (Wildman–Crippen MR) is 95.1 cm³/mol. The second-order valence-electron chi connectivity index (χ2n) is 6.26. The number of amides is 1. The molecule has 0 bridgehead atoms. The molecule has 0 fully saturated rings. The van der Waals surface area contributed by atoms with Crippen LogP contribution in [0.5, 0.6) is 0 Å². The van der Waals surface area contributed by atoms with Gasteiger partial charge in [-0.2, -0.15) is 4.80 Å². The molecule has 2 heterocycles. The molecule has 1 unspecified atom stereocenters. The van der Waals surface area contributed by atoms with E-state index in [-0.39, 0.29) is 24.4 Å². The lowest BCUT2D eigenvalue weighted by Crippen LogP contribution is -2.34. The molecule has 0 aliphatic carbocycles. The van der Waals surface area contributed by atoms with E-state index in [4.69, 9.17) is 4.74 Å². The topological polar surface area (TPSA) is 81.9 Å². The Kier molecular flexibility index (Phi) is 4.88.